The van der Waals surface area contributed by atoms with Crippen LogP contribution in [0.15, 0.2) is 58.2 Å². The van der Waals surface area contributed by atoms with Gasteiger partial charge in [-0.3, -0.25) is 9.71 Å². The van der Waals surface area contributed by atoms with Gasteiger partial charge in [0.25, 0.3) is 10.0 Å². The summed E-state index contributed by atoms with van der Waals surface area (Å²) < 4.78 is 32.8. The molecule has 0 atom stereocenters. The number of benzene rings is 2. The molecule has 2 aromatic heterocycles. The highest BCUT2D eigenvalue weighted by molar-refractivity contribution is 7.92. The summed E-state index contributed by atoms with van der Waals surface area (Å²) >= 11 is 12.1. The Balaban J connectivity index is 1.75. The Morgan fingerprint density at radius 1 is 1.08 bits per heavy atom. The molecule has 4 rings (SSSR count). The molecule has 0 saturated carbocycles. The summed E-state index contributed by atoms with van der Waals surface area (Å²) in [5.41, 5.74) is 1.43. The summed E-state index contributed by atoms with van der Waals surface area (Å²) in [5, 5.41) is 1.21. The summed E-state index contributed by atoms with van der Waals surface area (Å²) in [6, 6.07) is 9.50. The molecule has 0 amide bonds. The van der Waals surface area contributed by atoms with E-state index in [0.717, 1.165) is 0 Å². The van der Waals surface area contributed by atoms with E-state index in [9.17, 15) is 8.42 Å². The van der Waals surface area contributed by atoms with Crippen LogP contribution in [0.1, 0.15) is 0 Å². The third kappa shape index (κ3) is 2.90. The van der Waals surface area contributed by atoms with Crippen LogP contribution in [0.25, 0.3) is 22.0 Å². The number of hydrogen-bond acceptors (Lipinski definition) is 5. The number of halogens is 2. The predicted molar refractivity (Wildman–Crippen MR) is 96.6 cm³/mol. The van der Waals surface area contributed by atoms with Crippen LogP contribution in [0.2, 0.25) is 10.0 Å². The fraction of sp³-hybridized carbons (Fsp3) is 0. The molecule has 0 aliphatic rings. The number of hydrogen-bond donors (Lipinski definition) is 1. The van der Waals surface area contributed by atoms with Gasteiger partial charge in [0.1, 0.15) is 11.1 Å². The largest absolute Gasteiger partial charge is 0.464 e. The molecular weight excluding hydrogens is 385 g/mol. The lowest BCUT2D eigenvalue weighted by molar-refractivity contribution is 0.601. The van der Waals surface area contributed by atoms with E-state index < -0.39 is 10.0 Å². The SMILES string of the molecule is O=S(=O)(Nc1cnc2ccc(Cl)c(Cl)c2n1)c1ccc2occc2c1. The Labute approximate surface area is 152 Å². The van der Waals surface area contributed by atoms with Gasteiger partial charge in [0.15, 0.2) is 5.82 Å². The van der Waals surface area contributed by atoms with Crippen molar-refractivity contribution in [3.63, 3.8) is 0 Å². The van der Waals surface area contributed by atoms with Gasteiger partial charge in [0, 0.05) is 5.39 Å². The van der Waals surface area contributed by atoms with Crippen molar-refractivity contribution in [3.05, 3.63) is 58.9 Å². The fourth-order valence-electron chi connectivity index (χ4n) is 2.38. The van der Waals surface area contributed by atoms with Crippen LogP contribution >= 0.6 is 23.2 Å². The zero-order valence-electron chi connectivity index (χ0n) is 12.4. The highest BCUT2D eigenvalue weighted by Gasteiger charge is 2.17. The number of sulfonamides is 1. The van der Waals surface area contributed by atoms with E-state index in [2.05, 4.69) is 14.7 Å². The molecule has 0 saturated heterocycles. The molecule has 0 radical (unpaired) electrons. The summed E-state index contributed by atoms with van der Waals surface area (Å²) in [4.78, 5) is 8.45. The molecule has 2 heterocycles. The Hall–Kier alpha value is -2.35. The Morgan fingerprint density at radius 3 is 2.76 bits per heavy atom. The normalized spacial score (nSPS) is 11.9. The van der Waals surface area contributed by atoms with Crippen LogP contribution < -0.4 is 4.72 Å². The number of anilines is 1. The van der Waals surface area contributed by atoms with Crippen LogP contribution in [0, 0.1) is 0 Å². The van der Waals surface area contributed by atoms with Gasteiger partial charge in [0.2, 0.25) is 0 Å². The minimum absolute atomic E-state index is 0.0453. The summed E-state index contributed by atoms with van der Waals surface area (Å²) in [6.45, 7) is 0. The van der Waals surface area contributed by atoms with E-state index in [0.29, 0.717) is 27.0 Å². The van der Waals surface area contributed by atoms with Crippen molar-refractivity contribution in [2.45, 2.75) is 4.90 Å². The number of nitrogens with zero attached hydrogens (tertiary/aromatic N) is 2. The summed E-state index contributed by atoms with van der Waals surface area (Å²) in [6.07, 6.45) is 2.82. The molecule has 0 aliphatic heterocycles. The second-order valence-corrected chi connectivity index (χ2v) is 7.68. The lowest BCUT2D eigenvalue weighted by atomic mass is 10.3. The van der Waals surface area contributed by atoms with Gasteiger partial charge in [-0.05, 0) is 36.4 Å². The lowest BCUT2D eigenvalue weighted by Crippen LogP contribution is -2.14. The molecule has 0 unspecified atom stereocenters. The highest BCUT2D eigenvalue weighted by Crippen LogP contribution is 2.29. The number of nitrogens with one attached hydrogen (secondary N) is 1. The maximum absolute atomic E-state index is 12.6. The van der Waals surface area contributed by atoms with Crippen LogP contribution in [0.3, 0.4) is 0 Å². The molecule has 9 heteroatoms. The average Bonchev–Trinajstić information content (AvgIpc) is 3.06. The lowest BCUT2D eigenvalue weighted by Gasteiger charge is -2.08. The molecule has 0 fully saturated rings. The molecule has 0 aliphatic carbocycles. The first-order chi connectivity index (χ1) is 11.9. The fourth-order valence-corrected chi connectivity index (χ4v) is 3.75. The van der Waals surface area contributed by atoms with Gasteiger partial charge in [-0.25, -0.2) is 13.4 Å². The van der Waals surface area contributed by atoms with Gasteiger partial charge in [-0.1, -0.05) is 23.2 Å². The van der Waals surface area contributed by atoms with E-state index in [1.54, 1.807) is 24.3 Å². The predicted octanol–water partition coefficient (Wildman–Crippen LogP) is 4.48. The topological polar surface area (TPSA) is 85.1 Å². The minimum atomic E-state index is -3.84. The molecule has 0 bridgehead atoms. The van der Waals surface area contributed by atoms with Gasteiger partial charge in [-0.2, -0.15) is 0 Å². The smallest absolute Gasteiger partial charge is 0.263 e. The van der Waals surface area contributed by atoms with Crippen molar-refractivity contribution in [1.29, 1.82) is 0 Å². The Kier molecular flexibility index (Phi) is 3.79. The van der Waals surface area contributed by atoms with Crippen LogP contribution in [-0.4, -0.2) is 18.4 Å². The average molecular weight is 394 g/mol. The molecule has 4 aromatic rings. The molecule has 6 nitrogen and oxygen atoms in total. The van der Waals surface area contributed by atoms with Crippen molar-refractivity contribution in [2.24, 2.45) is 0 Å². The van der Waals surface area contributed by atoms with Gasteiger partial charge >= 0.3 is 0 Å². The molecule has 25 heavy (non-hydrogen) atoms. The number of aromatic nitrogens is 2. The molecular formula is C16H9Cl2N3O3S. The maximum Gasteiger partial charge on any atom is 0.263 e. The highest BCUT2D eigenvalue weighted by atomic mass is 35.5. The Morgan fingerprint density at radius 2 is 1.92 bits per heavy atom. The molecule has 126 valence electrons. The van der Waals surface area contributed by atoms with Crippen molar-refractivity contribution in [2.75, 3.05) is 4.72 Å². The van der Waals surface area contributed by atoms with Crippen molar-refractivity contribution in [3.8, 4) is 0 Å². The van der Waals surface area contributed by atoms with E-state index in [4.69, 9.17) is 27.6 Å². The van der Waals surface area contributed by atoms with Crippen LogP contribution in [0.4, 0.5) is 5.82 Å². The second-order valence-electron chi connectivity index (χ2n) is 5.21. The Bertz CT molecular complexity index is 1220. The van der Waals surface area contributed by atoms with Gasteiger partial charge in [-0.15, -0.1) is 0 Å². The molecule has 0 spiro atoms. The minimum Gasteiger partial charge on any atom is -0.464 e. The van der Waals surface area contributed by atoms with Crippen molar-refractivity contribution < 1.29 is 12.8 Å². The van der Waals surface area contributed by atoms with Gasteiger partial charge < -0.3 is 4.42 Å². The molecule has 1 N–H and O–H groups in total. The zero-order valence-corrected chi connectivity index (χ0v) is 14.7. The first-order valence-corrected chi connectivity index (χ1v) is 9.29. The van der Waals surface area contributed by atoms with Gasteiger partial charge in [0.05, 0.1) is 32.9 Å². The number of rotatable bonds is 3. The maximum atomic E-state index is 12.6. The first kappa shape index (κ1) is 16.1. The second kappa shape index (κ2) is 5.87. The quantitative estimate of drug-likeness (QED) is 0.554. The standard InChI is InChI=1S/C16H9Cl2N3O3S/c17-11-2-3-12-16(15(11)18)20-14(8-19-12)21-25(22,23)10-1-4-13-9(7-10)5-6-24-13/h1-8H,(H,20,21). The van der Waals surface area contributed by atoms with Crippen molar-refractivity contribution in [1.82, 2.24) is 9.97 Å². The zero-order chi connectivity index (χ0) is 17.6. The van der Waals surface area contributed by atoms with E-state index in [-0.39, 0.29) is 15.7 Å². The molecule has 2 aromatic carbocycles. The van der Waals surface area contributed by atoms with Crippen LogP contribution in [0.5, 0.6) is 0 Å². The number of fused-ring (bicyclic) bond motifs is 2. The van der Waals surface area contributed by atoms with E-state index in [1.165, 1.54) is 24.6 Å². The van der Waals surface area contributed by atoms with E-state index >= 15 is 0 Å². The number of furan rings is 1. The third-order valence-corrected chi connectivity index (χ3v) is 5.73. The summed E-state index contributed by atoms with van der Waals surface area (Å²) in [5.74, 6) is 0.0453. The first-order valence-electron chi connectivity index (χ1n) is 7.05. The van der Waals surface area contributed by atoms with Crippen LogP contribution in [-0.2, 0) is 10.0 Å². The third-order valence-electron chi connectivity index (χ3n) is 3.58. The van der Waals surface area contributed by atoms with Crippen molar-refractivity contribution >= 4 is 61.0 Å². The monoisotopic (exact) mass is 393 g/mol. The summed E-state index contributed by atoms with van der Waals surface area (Å²) in [7, 11) is -3.84. The van der Waals surface area contributed by atoms with E-state index in [1.807, 2.05) is 0 Å².